The molecule has 2 amide bonds. The summed E-state index contributed by atoms with van der Waals surface area (Å²) in [5.41, 5.74) is 0.869. The SMILES string of the molecule is COCCOCCOCC(=O)N[C@@H]1C(=O)N2C(C(=O)O)C(/C=C/COc3ccc(Cl)cc3-c3nc4ccc(Cl)cc4c(=O)[nH]3)=CSC12. The molecule has 1 saturated heterocycles. The number of halogens is 2. The number of ether oxygens (including phenoxy) is 4. The summed E-state index contributed by atoms with van der Waals surface area (Å²) in [5, 5.41) is 14.8. The quantitative estimate of drug-likeness (QED) is 0.157. The molecule has 0 radical (unpaired) electrons. The standard InChI is InChI=1S/C31H30Cl2N4O9S/c1-43-9-10-44-11-12-45-15-24(38)35-25-29(40)37-26(31(41)42)17(16-47-30(25)37)3-2-8-46-23-7-5-19(33)14-21(23)27-34-22-6-4-18(32)13-20(22)28(39)36-27/h2-7,13-14,16,25-26,30H,8-12,15H2,1H3,(H,35,38)(H,41,42)(H,34,36,39)/b3-2+/t25-,26?,30?/m1/s1. The minimum absolute atomic E-state index is 0.0177. The average Bonchev–Trinajstić information content (AvgIpc) is 3.05. The van der Waals surface area contributed by atoms with Gasteiger partial charge in [0, 0.05) is 17.2 Å². The minimum Gasteiger partial charge on any atom is -0.489 e. The largest absolute Gasteiger partial charge is 0.489 e. The number of carboxylic acids is 1. The molecular weight excluding hydrogens is 675 g/mol. The van der Waals surface area contributed by atoms with Gasteiger partial charge < -0.3 is 39.3 Å². The first-order valence-corrected chi connectivity index (χ1v) is 16.0. The van der Waals surface area contributed by atoms with Gasteiger partial charge in [0.1, 0.15) is 36.2 Å². The number of aromatic amines is 1. The smallest absolute Gasteiger partial charge is 0.331 e. The molecule has 1 aromatic heterocycles. The van der Waals surface area contributed by atoms with Crippen LogP contribution in [-0.4, -0.2) is 102 Å². The zero-order valence-electron chi connectivity index (χ0n) is 24.9. The number of H-pyrrole nitrogens is 1. The van der Waals surface area contributed by atoms with E-state index in [4.69, 9.17) is 42.1 Å². The Morgan fingerprint density at radius 3 is 2.62 bits per heavy atom. The molecule has 0 bridgehead atoms. The minimum atomic E-state index is -1.25. The Morgan fingerprint density at radius 2 is 1.83 bits per heavy atom. The number of aliphatic carboxylic acids is 1. The summed E-state index contributed by atoms with van der Waals surface area (Å²) in [5.74, 6) is -1.60. The molecule has 248 valence electrons. The van der Waals surface area contributed by atoms with Gasteiger partial charge in [-0.05, 0) is 53.5 Å². The molecule has 2 aliphatic rings. The van der Waals surface area contributed by atoms with Gasteiger partial charge in [0.2, 0.25) is 11.8 Å². The van der Waals surface area contributed by atoms with Crippen molar-refractivity contribution >= 4 is 63.7 Å². The molecule has 3 aromatic rings. The number of hydrogen-bond acceptors (Lipinski definition) is 10. The third kappa shape index (κ3) is 8.15. The second-order valence-corrected chi connectivity index (χ2v) is 12.1. The molecule has 2 aromatic carbocycles. The van der Waals surface area contributed by atoms with E-state index in [2.05, 4.69) is 15.3 Å². The van der Waals surface area contributed by atoms with Crippen LogP contribution in [0.25, 0.3) is 22.3 Å². The molecule has 3 atom stereocenters. The number of nitrogens with zero attached hydrogens (tertiary/aromatic N) is 2. The number of benzene rings is 2. The van der Waals surface area contributed by atoms with Crippen molar-refractivity contribution in [2.24, 2.45) is 0 Å². The van der Waals surface area contributed by atoms with Crippen molar-refractivity contribution in [2.45, 2.75) is 17.5 Å². The Labute approximate surface area is 282 Å². The van der Waals surface area contributed by atoms with Crippen LogP contribution < -0.4 is 15.6 Å². The molecule has 3 N–H and O–H groups in total. The summed E-state index contributed by atoms with van der Waals surface area (Å²) >= 11 is 13.5. The molecule has 5 rings (SSSR count). The first-order valence-electron chi connectivity index (χ1n) is 14.3. The summed E-state index contributed by atoms with van der Waals surface area (Å²) in [6.07, 6.45) is 3.18. The van der Waals surface area contributed by atoms with Gasteiger partial charge in [-0.3, -0.25) is 14.4 Å². The molecule has 13 nitrogen and oxygen atoms in total. The van der Waals surface area contributed by atoms with E-state index in [0.717, 1.165) is 0 Å². The third-order valence-electron chi connectivity index (χ3n) is 7.11. The Bertz CT molecular complexity index is 1780. The number of aromatic nitrogens is 2. The van der Waals surface area contributed by atoms with Crippen LogP contribution in [0.1, 0.15) is 0 Å². The summed E-state index contributed by atoms with van der Waals surface area (Å²) in [6, 6.07) is 7.54. The van der Waals surface area contributed by atoms with Gasteiger partial charge in [-0.15, -0.1) is 11.8 Å². The van der Waals surface area contributed by atoms with E-state index in [1.807, 2.05) is 0 Å². The Hall–Kier alpha value is -3.92. The van der Waals surface area contributed by atoms with E-state index >= 15 is 0 Å². The van der Waals surface area contributed by atoms with Crippen LogP contribution in [0.4, 0.5) is 0 Å². The number of hydrogen-bond donors (Lipinski definition) is 3. The number of nitrogens with one attached hydrogen (secondary N) is 2. The number of methoxy groups -OCH3 is 1. The second kappa shape index (κ2) is 15.8. The number of carbonyl (C=O) groups is 3. The number of fused-ring (bicyclic) bond motifs is 2. The second-order valence-electron chi connectivity index (χ2n) is 10.3. The maximum atomic E-state index is 12.9. The zero-order chi connectivity index (χ0) is 33.5. The maximum absolute atomic E-state index is 12.9. The molecule has 2 unspecified atom stereocenters. The van der Waals surface area contributed by atoms with E-state index in [0.29, 0.717) is 51.0 Å². The highest BCUT2D eigenvalue weighted by molar-refractivity contribution is 8.03. The van der Waals surface area contributed by atoms with Gasteiger partial charge >= 0.3 is 5.97 Å². The Balaban J connectivity index is 1.20. The first kappa shape index (κ1) is 34.4. The number of carbonyl (C=O) groups excluding carboxylic acids is 2. The van der Waals surface area contributed by atoms with E-state index in [9.17, 15) is 24.3 Å². The molecule has 1 fully saturated rings. The lowest BCUT2D eigenvalue weighted by atomic mass is 9.97. The van der Waals surface area contributed by atoms with Crippen molar-refractivity contribution in [1.29, 1.82) is 0 Å². The Kier molecular flexibility index (Phi) is 11.6. The predicted molar refractivity (Wildman–Crippen MR) is 176 cm³/mol. The number of β-lactam (4-membered cyclic amide) rings is 1. The molecular formula is C31H30Cl2N4O9S. The normalized spacial score (nSPS) is 19.0. The fourth-order valence-electron chi connectivity index (χ4n) is 4.92. The van der Waals surface area contributed by atoms with Crippen LogP contribution in [0.5, 0.6) is 5.75 Å². The Morgan fingerprint density at radius 1 is 1.09 bits per heavy atom. The maximum Gasteiger partial charge on any atom is 0.331 e. The van der Waals surface area contributed by atoms with Crippen molar-refractivity contribution < 1.29 is 38.4 Å². The van der Waals surface area contributed by atoms with Crippen LogP contribution in [-0.2, 0) is 28.6 Å². The predicted octanol–water partition coefficient (Wildman–Crippen LogP) is 3.25. The number of rotatable bonds is 15. The fourth-order valence-corrected chi connectivity index (χ4v) is 6.47. The van der Waals surface area contributed by atoms with Gasteiger partial charge in [0.25, 0.3) is 5.56 Å². The molecule has 3 heterocycles. The highest BCUT2D eigenvalue weighted by Crippen LogP contribution is 2.40. The van der Waals surface area contributed by atoms with Crippen molar-refractivity contribution in [3.05, 3.63) is 79.9 Å². The molecule has 47 heavy (non-hydrogen) atoms. The number of thioether (sulfide) groups is 1. The van der Waals surface area contributed by atoms with Crippen LogP contribution in [0.15, 0.2) is 64.3 Å². The number of amides is 2. The molecule has 2 aliphatic heterocycles. The van der Waals surface area contributed by atoms with E-state index in [1.165, 1.54) is 22.7 Å². The summed E-state index contributed by atoms with van der Waals surface area (Å²) < 4.78 is 21.4. The molecule has 0 saturated carbocycles. The van der Waals surface area contributed by atoms with Gasteiger partial charge in [-0.25, -0.2) is 9.78 Å². The topological polar surface area (TPSA) is 169 Å². The molecule has 0 spiro atoms. The van der Waals surface area contributed by atoms with Gasteiger partial charge in [-0.2, -0.15) is 0 Å². The lowest BCUT2D eigenvalue weighted by molar-refractivity contribution is -0.160. The highest BCUT2D eigenvalue weighted by Gasteiger charge is 2.55. The van der Waals surface area contributed by atoms with Crippen LogP contribution in [0, 0.1) is 0 Å². The van der Waals surface area contributed by atoms with E-state index < -0.39 is 35.2 Å². The highest BCUT2D eigenvalue weighted by atomic mass is 35.5. The van der Waals surface area contributed by atoms with Gasteiger partial charge in [-0.1, -0.05) is 29.3 Å². The first-order chi connectivity index (χ1) is 22.7. The van der Waals surface area contributed by atoms with Crippen molar-refractivity contribution in [1.82, 2.24) is 20.2 Å². The van der Waals surface area contributed by atoms with Crippen molar-refractivity contribution in [3.8, 4) is 17.1 Å². The lowest BCUT2D eigenvalue weighted by Gasteiger charge is -2.51. The van der Waals surface area contributed by atoms with Crippen LogP contribution in [0.3, 0.4) is 0 Å². The average molecular weight is 706 g/mol. The fraction of sp³-hybridized carbons (Fsp3) is 0.323. The summed E-state index contributed by atoms with van der Waals surface area (Å²) in [4.78, 5) is 58.7. The van der Waals surface area contributed by atoms with E-state index in [-0.39, 0.29) is 37.8 Å². The van der Waals surface area contributed by atoms with Crippen LogP contribution >= 0.6 is 35.0 Å². The van der Waals surface area contributed by atoms with Crippen molar-refractivity contribution in [2.75, 3.05) is 46.8 Å². The molecule has 0 aliphatic carbocycles. The van der Waals surface area contributed by atoms with E-state index in [1.54, 1.807) is 55.0 Å². The van der Waals surface area contributed by atoms with Gasteiger partial charge in [0.15, 0.2) is 6.04 Å². The van der Waals surface area contributed by atoms with Crippen LogP contribution in [0.2, 0.25) is 10.0 Å². The lowest BCUT2D eigenvalue weighted by Crippen LogP contribution is -2.74. The van der Waals surface area contributed by atoms with Crippen molar-refractivity contribution in [3.63, 3.8) is 0 Å². The zero-order valence-corrected chi connectivity index (χ0v) is 27.3. The third-order valence-corrected chi connectivity index (χ3v) is 8.77. The number of carboxylic acid groups (broad SMARTS) is 1. The van der Waals surface area contributed by atoms with Gasteiger partial charge in [0.05, 0.1) is 42.9 Å². The monoisotopic (exact) mass is 704 g/mol. The summed E-state index contributed by atoms with van der Waals surface area (Å²) in [6.45, 7) is 1.09. The molecule has 16 heteroatoms. The summed E-state index contributed by atoms with van der Waals surface area (Å²) in [7, 11) is 1.56.